The molecule has 0 saturated carbocycles. The zero-order valence-corrected chi connectivity index (χ0v) is 11.2. The monoisotopic (exact) mass is 279 g/mol. The highest BCUT2D eigenvalue weighted by molar-refractivity contribution is 5.99. The van der Waals surface area contributed by atoms with Gasteiger partial charge in [0.2, 0.25) is 0 Å². The Balaban J connectivity index is 1.69. The second-order valence-corrected chi connectivity index (χ2v) is 4.45. The molecular weight excluding hydrogens is 266 g/mol. The number of rotatable bonds is 4. The van der Waals surface area contributed by atoms with Crippen molar-refractivity contribution in [3.8, 4) is 0 Å². The number of nitrogens with zero attached hydrogens (tertiary/aromatic N) is 4. The van der Waals surface area contributed by atoms with Crippen LogP contribution in [0.5, 0.6) is 0 Å². The van der Waals surface area contributed by atoms with E-state index in [0.29, 0.717) is 0 Å². The molecule has 21 heavy (non-hydrogen) atoms. The number of carbonyl (C=O) groups is 1. The molecule has 0 aliphatic carbocycles. The lowest BCUT2D eigenvalue weighted by Crippen LogP contribution is -2.23. The summed E-state index contributed by atoms with van der Waals surface area (Å²) >= 11 is 0. The molecule has 0 fully saturated rings. The summed E-state index contributed by atoms with van der Waals surface area (Å²) in [4.78, 5) is 15.4. The van der Waals surface area contributed by atoms with Gasteiger partial charge in [0.05, 0.1) is 6.21 Å². The molecule has 0 bridgehead atoms. The molecule has 104 valence electrons. The molecule has 0 spiro atoms. The molecule has 0 aliphatic heterocycles. The van der Waals surface area contributed by atoms with E-state index in [9.17, 15) is 4.79 Å². The third-order valence-electron chi connectivity index (χ3n) is 2.99. The van der Waals surface area contributed by atoms with Crippen molar-refractivity contribution >= 4 is 22.9 Å². The Morgan fingerprint density at radius 2 is 2.10 bits per heavy atom. The molecule has 1 aromatic heterocycles. The molecule has 0 unspecified atom stereocenters. The van der Waals surface area contributed by atoms with E-state index in [1.54, 1.807) is 6.21 Å². The molecule has 1 N–H and O–H groups in total. The molecule has 1 heterocycles. The van der Waals surface area contributed by atoms with Gasteiger partial charge < -0.3 is 0 Å². The second-order valence-electron chi connectivity index (χ2n) is 4.45. The number of carbonyl (C=O) groups excluding carboxylic acids is 1. The van der Waals surface area contributed by atoms with Gasteiger partial charge in [-0.05, 0) is 10.8 Å². The first-order valence-corrected chi connectivity index (χ1v) is 6.45. The Labute approximate surface area is 121 Å². The van der Waals surface area contributed by atoms with Gasteiger partial charge in [-0.15, -0.1) is 0 Å². The van der Waals surface area contributed by atoms with E-state index in [1.807, 2.05) is 42.5 Å². The van der Waals surface area contributed by atoms with E-state index < -0.39 is 0 Å². The maximum atomic E-state index is 11.7. The van der Waals surface area contributed by atoms with Crippen LogP contribution < -0.4 is 5.43 Å². The van der Waals surface area contributed by atoms with Crippen LogP contribution in [0.1, 0.15) is 5.56 Å². The highest BCUT2D eigenvalue weighted by atomic mass is 16.2. The summed E-state index contributed by atoms with van der Waals surface area (Å²) in [5.74, 6) is -0.253. The summed E-state index contributed by atoms with van der Waals surface area (Å²) in [6, 6.07) is 14.0. The van der Waals surface area contributed by atoms with Crippen LogP contribution in [-0.2, 0) is 11.3 Å². The van der Waals surface area contributed by atoms with Crippen LogP contribution in [0.15, 0.2) is 60.2 Å². The standard InChI is InChI=1S/C15H13N5O/c21-15(9-20-11-16-10-18-20)19-17-8-13-6-3-5-12-4-1-2-7-14(12)13/h1-8,10-11H,9H2,(H,19,21). The van der Waals surface area contributed by atoms with E-state index in [-0.39, 0.29) is 12.5 Å². The van der Waals surface area contributed by atoms with Crippen LogP contribution in [-0.4, -0.2) is 26.9 Å². The minimum absolute atomic E-state index is 0.0902. The first kappa shape index (κ1) is 13.0. The normalized spacial score (nSPS) is 11.0. The molecule has 6 heteroatoms. The summed E-state index contributed by atoms with van der Waals surface area (Å²) in [5.41, 5.74) is 3.43. The Hall–Kier alpha value is -3.02. The number of amides is 1. The Morgan fingerprint density at radius 3 is 2.95 bits per heavy atom. The Kier molecular flexibility index (Phi) is 3.68. The molecule has 0 saturated heterocycles. The predicted octanol–water partition coefficient (Wildman–Crippen LogP) is 1.58. The number of nitrogens with one attached hydrogen (secondary N) is 1. The van der Waals surface area contributed by atoms with Gasteiger partial charge in [0, 0.05) is 5.56 Å². The van der Waals surface area contributed by atoms with Gasteiger partial charge in [0.25, 0.3) is 5.91 Å². The van der Waals surface area contributed by atoms with Crippen molar-refractivity contribution in [2.75, 3.05) is 0 Å². The first-order valence-electron chi connectivity index (χ1n) is 6.45. The topological polar surface area (TPSA) is 72.2 Å². The van der Waals surface area contributed by atoms with E-state index in [0.717, 1.165) is 16.3 Å². The highest BCUT2D eigenvalue weighted by Gasteiger charge is 2.01. The van der Waals surface area contributed by atoms with Crippen molar-refractivity contribution in [3.05, 3.63) is 60.7 Å². The number of hydrazone groups is 1. The lowest BCUT2D eigenvalue weighted by atomic mass is 10.1. The number of benzene rings is 2. The number of hydrogen-bond acceptors (Lipinski definition) is 4. The van der Waals surface area contributed by atoms with Gasteiger partial charge in [-0.3, -0.25) is 4.79 Å². The van der Waals surface area contributed by atoms with Gasteiger partial charge in [-0.1, -0.05) is 42.5 Å². The van der Waals surface area contributed by atoms with Crippen LogP contribution >= 0.6 is 0 Å². The first-order chi connectivity index (χ1) is 10.3. The Morgan fingerprint density at radius 1 is 1.24 bits per heavy atom. The SMILES string of the molecule is O=C(Cn1cncn1)NN=Cc1cccc2ccccc12. The van der Waals surface area contributed by atoms with E-state index >= 15 is 0 Å². The third-order valence-corrected chi connectivity index (χ3v) is 2.99. The van der Waals surface area contributed by atoms with Crippen LogP contribution in [0.3, 0.4) is 0 Å². The number of aromatic nitrogens is 3. The summed E-state index contributed by atoms with van der Waals surface area (Å²) in [7, 11) is 0. The molecule has 0 radical (unpaired) electrons. The maximum absolute atomic E-state index is 11.7. The minimum atomic E-state index is -0.253. The minimum Gasteiger partial charge on any atom is -0.271 e. The fraction of sp³-hybridized carbons (Fsp3) is 0.0667. The van der Waals surface area contributed by atoms with E-state index in [1.165, 1.54) is 17.3 Å². The molecule has 0 atom stereocenters. The zero-order valence-electron chi connectivity index (χ0n) is 11.2. The lowest BCUT2D eigenvalue weighted by Gasteiger charge is -2.02. The Bertz CT molecular complexity index is 774. The molecule has 1 amide bonds. The summed E-state index contributed by atoms with van der Waals surface area (Å²) < 4.78 is 1.43. The average Bonchev–Trinajstić information content (AvgIpc) is 3.00. The van der Waals surface area contributed by atoms with Crippen molar-refractivity contribution in [3.63, 3.8) is 0 Å². The average molecular weight is 279 g/mol. The summed E-state index contributed by atoms with van der Waals surface area (Å²) in [6.45, 7) is 0.0902. The smallest absolute Gasteiger partial charge is 0.261 e. The van der Waals surface area contributed by atoms with Crippen LogP contribution in [0.4, 0.5) is 0 Å². The van der Waals surface area contributed by atoms with Crippen molar-refractivity contribution in [2.24, 2.45) is 5.10 Å². The van der Waals surface area contributed by atoms with Crippen LogP contribution in [0.2, 0.25) is 0 Å². The van der Waals surface area contributed by atoms with Crippen LogP contribution in [0.25, 0.3) is 10.8 Å². The second kappa shape index (κ2) is 5.96. The molecule has 3 rings (SSSR count). The highest BCUT2D eigenvalue weighted by Crippen LogP contribution is 2.16. The number of hydrogen-bond donors (Lipinski definition) is 1. The fourth-order valence-corrected chi connectivity index (χ4v) is 2.03. The van der Waals surface area contributed by atoms with Gasteiger partial charge in [0.15, 0.2) is 0 Å². The molecule has 0 aliphatic rings. The summed E-state index contributed by atoms with van der Waals surface area (Å²) in [6.07, 6.45) is 4.50. The fourth-order valence-electron chi connectivity index (χ4n) is 2.03. The van der Waals surface area contributed by atoms with Crippen molar-refractivity contribution in [1.29, 1.82) is 0 Å². The molecule has 2 aromatic carbocycles. The van der Waals surface area contributed by atoms with Crippen molar-refractivity contribution in [1.82, 2.24) is 20.2 Å². The largest absolute Gasteiger partial charge is 0.271 e. The number of fused-ring (bicyclic) bond motifs is 1. The quantitative estimate of drug-likeness (QED) is 0.582. The van der Waals surface area contributed by atoms with Gasteiger partial charge in [0.1, 0.15) is 19.2 Å². The molecular formula is C15H13N5O. The summed E-state index contributed by atoms with van der Waals surface area (Å²) in [5, 5.41) is 10.1. The van der Waals surface area contributed by atoms with E-state index in [2.05, 4.69) is 20.6 Å². The van der Waals surface area contributed by atoms with Crippen molar-refractivity contribution < 1.29 is 4.79 Å². The maximum Gasteiger partial charge on any atom is 0.261 e. The van der Waals surface area contributed by atoms with Gasteiger partial charge >= 0.3 is 0 Å². The van der Waals surface area contributed by atoms with Crippen LogP contribution in [0, 0.1) is 0 Å². The zero-order chi connectivity index (χ0) is 14.5. The van der Waals surface area contributed by atoms with Crippen molar-refractivity contribution in [2.45, 2.75) is 6.54 Å². The van der Waals surface area contributed by atoms with Gasteiger partial charge in [-0.2, -0.15) is 10.2 Å². The third kappa shape index (κ3) is 3.11. The molecule has 3 aromatic rings. The predicted molar refractivity (Wildman–Crippen MR) is 79.7 cm³/mol. The molecule has 6 nitrogen and oxygen atoms in total. The lowest BCUT2D eigenvalue weighted by molar-refractivity contribution is -0.121. The van der Waals surface area contributed by atoms with Gasteiger partial charge in [-0.25, -0.2) is 15.1 Å². The van der Waals surface area contributed by atoms with E-state index in [4.69, 9.17) is 0 Å².